The van der Waals surface area contributed by atoms with Crippen molar-refractivity contribution in [3.8, 4) is 0 Å². The van der Waals surface area contributed by atoms with Crippen molar-refractivity contribution >= 4 is 29.9 Å². The Morgan fingerprint density at radius 3 is 2.53 bits per heavy atom. The molecule has 19 heavy (non-hydrogen) atoms. The Kier molecular flexibility index (Phi) is 9.78. The summed E-state index contributed by atoms with van der Waals surface area (Å²) in [5.41, 5.74) is 6.23. The van der Waals surface area contributed by atoms with E-state index in [0.29, 0.717) is 17.3 Å². The van der Waals surface area contributed by atoms with Gasteiger partial charge in [0.1, 0.15) is 0 Å². The summed E-state index contributed by atoms with van der Waals surface area (Å²) in [6, 6.07) is 0. The Bertz CT molecular complexity index is 263. The Hall–Kier alpha value is -0.0400. The van der Waals surface area contributed by atoms with Crippen LogP contribution in [0.25, 0.3) is 0 Å². The van der Waals surface area contributed by atoms with Crippen LogP contribution in [0.5, 0.6) is 0 Å². The van der Waals surface area contributed by atoms with Crippen molar-refractivity contribution in [2.45, 2.75) is 46.0 Å². The first-order valence-electron chi connectivity index (χ1n) is 7.11. The SMILES string of the molecule is COCCC1(CN=C(N)NCC(C)C)CCCC1.I. The van der Waals surface area contributed by atoms with Gasteiger partial charge >= 0.3 is 0 Å². The number of nitrogens with one attached hydrogen (secondary N) is 1. The smallest absolute Gasteiger partial charge is 0.188 e. The van der Waals surface area contributed by atoms with Gasteiger partial charge in [-0.25, -0.2) is 0 Å². The minimum absolute atomic E-state index is 0. The van der Waals surface area contributed by atoms with E-state index >= 15 is 0 Å². The first-order valence-corrected chi connectivity index (χ1v) is 7.11. The summed E-state index contributed by atoms with van der Waals surface area (Å²) in [4.78, 5) is 4.53. The third kappa shape index (κ3) is 7.34. The first-order chi connectivity index (χ1) is 8.58. The molecule has 0 aromatic rings. The van der Waals surface area contributed by atoms with E-state index in [-0.39, 0.29) is 24.0 Å². The van der Waals surface area contributed by atoms with Gasteiger partial charge in [0.15, 0.2) is 5.96 Å². The van der Waals surface area contributed by atoms with Gasteiger partial charge in [-0.3, -0.25) is 4.99 Å². The van der Waals surface area contributed by atoms with Crippen LogP contribution in [-0.2, 0) is 4.74 Å². The zero-order valence-electron chi connectivity index (χ0n) is 12.6. The molecule has 0 aromatic carbocycles. The molecule has 0 saturated heterocycles. The molecule has 1 aliphatic rings. The number of nitrogens with zero attached hydrogens (tertiary/aromatic N) is 1. The van der Waals surface area contributed by atoms with Crippen LogP contribution in [0.4, 0.5) is 0 Å². The fraction of sp³-hybridized carbons (Fsp3) is 0.929. The number of hydrogen-bond donors (Lipinski definition) is 2. The Morgan fingerprint density at radius 2 is 2.00 bits per heavy atom. The largest absolute Gasteiger partial charge is 0.385 e. The molecular formula is C14H30IN3O. The molecule has 1 aliphatic carbocycles. The second kappa shape index (κ2) is 9.80. The van der Waals surface area contributed by atoms with Gasteiger partial charge in [0.05, 0.1) is 0 Å². The van der Waals surface area contributed by atoms with Crippen molar-refractivity contribution < 1.29 is 4.74 Å². The Balaban J connectivity index is 0.00000324. The fourth-order valence-electron chi connectivity index (χ4n) is 2.55. The minimum Gasteiger partial charge on any atom is -0.385 e. The van der Waals surface area contributed by atoms with Gasteiger partial charge in [0, 0.05) is 26.8 Å². The number of nitrogens with two attached hydrogens (primary N) is 1. The predicted octanol–water partition coefficient (Wildman–Crippen LogP) is 2.76. The van der Waals surface area contributed by atoms with Gasteiger partial charge in [-0.2, -0.15) is 0 Å². The molecule has 0 bridgehead atoms. The second-order valence-electron chi connectivity index (χ2n) is 5.93. The van der Waals surface area contributed by atoms with Crippen LogP contribution in [0.2, 0.25) is 0 Å². The molecule has 0 atom stereocenters. The summed E-state index contributed by atoms with van der Waals surface area (Å²) in [7, 11) is 1.77. The molecule has 0 aliphatic heterocycles. The summed E-state index contributed by atoms with van der Waals surface area (Å²) in [5.74, 6) is 1.18. The highest BCUT2D eigenvalue weighted by Crippen LogP contribution is 2.41. The van der Waals surface area contributed by atoms with Gasteiger partial charge in [0.25, 0.3) is 0 Å². The quantitative estimate of drug-likeness (QED) is 0.404. The van der Waals surface area contributed by atoms with Crippen LogP contribution in [0.15, 0.2) is 4.99 Å². The topological polar surface area (TPSA) is 59.6 Å². The summed E-state index contributed by atoms with van der Waals surface area (Å²) < 4.78 is 5.22. The lowest BCUT2D eigenvalue weighted by Crippen LogP contribution is -2.35. The number of methoxy groups -OCH3 is 1. The first kappa shape index (κ1) is 19.0. The van der Waals surface area contributed by atoms with E-state index in [1.54, 1.807) is 7.11 Å². The maximum absolute atomic E-state index is 5.90. The summed E-state index contributed by atoms with van der Waals surface area (Å²) in [6.45, 7) is 6.89. The van der Waals surface area contributed by atoms with E-state index in [1.165, 1.54) is 25.7 Å². The van der Waals surface area contributed by atoms with E-state index in [9.17, 15) is 0 Å². The third-order valence-electron chi connectivity index (χ3n) is 3.78. The van der Waals surface area contributed by atoms with Crippen molar-refractivity contribution in [3.05, 3.63) is 0 Å². The molecule has 0 spiro atoms. The lowest BCUT2D eigenvalue weighted by Gasteiger charge is -2.26. The minimum atomic E-state index is 0. The number of halogens is 1. The van der Waals surface area contributed by atoms with Crippen LogP contribution >= 0.6 is 24.0 Å². The third-order valence-corrected chi connectivity index (χ3v) is 3.78. The van der Waals surface area contributed by atoms with Crippen molar-refractivity contribution in [2.24, 2.45) is 22.1 Å². The van der Waals surface area contributed by atoms with Gasteiger partial charge in [-0.05, 0) is 30.6 Å². The maximum Gasteiger partial charge on any atom is 0.188 e. The number of hydrogen-bond acceptors (Lipinski definition) is 2. The van der Waals surface area contributed by atoms with Gasteiger partial charge in [-0.1, -0.05) is 26.7 Å². The van der Waals surface area contributed by atoms with E-state index in [0.717, 1.165) is 26.1 Å². The highest BCUT2D eigenvalue weighted by molar-refractivity contribution is 14.0. The Labute approximate surface area is 135 Å². The molecule has 0 unspecified atom stereocenters. The van der Waals surface area contributed by atoms with Crippen molar-refractivity contribution in [2.75, 3.05) is 26.8 Å². The molecule has 1 saturated carbocycles. The molecule has 3 N–H and O–H groups in total. The summed E-state index contributed by atoms with van der Waals surface area (Å²) >= 11 is 0. The van der Waals surface area contributed by atoms with E-state index in [1.807, 2.05) is 0 Å². The lowest BCUT2D eigenvalue weighted by atomic mass is 9.83. The molecular weight excluding hydrogens is 353 g/mol. The highest BCUT2D eigenvalue weighted by Gasteiger charge is 2.33. The lowest BCUT2D eigenvalue weighted by molar-refractivity contribution is 0.141. The number of rotatable bonds is 7. The maximum atomic E-state index is 5.90. The molecule has 0 aromatic heterocycles. The molecule has 4 nitrogen and oxygen atoms in total. The van der Waals surface area contributed by atoms with E-state index < -0.39 is 0 Å². The van der Waals surface area contributed by atoms with Crippen LogP contribution in [0, 0.1) is 11.3 Å². The number of aliphatic imine (C=N–C) groups is 1. The summed E-state index contributed by atoms with van der Waals surface area (Å²) in [6.07, 6.45) is 6.26. The van der Waals surface area contributed by atoms with Gasteiger partial charge in [-0.15, -0.1) is 24.0 Å². The molecule has 0 amide bonds. The van der Waals surface area contributed by atoms with Crippen LogP contribution in [0.3, 0.4) is 0 Å². The average molecular weight is 383 g/mol. The zero-order chi connectivity index (χ0) is 13.4. The Morgan fingerprint density at radius 1 is 1.37 bits per heavy atom. The standard InChI is InChI=1S/C14H29N3O.HI/c1-12(2)10-16-13(15)17-11-14(8-9-18-3)6-4-5-7-14;/h12H,4-11H2,1-3H3,(H3,15,16,17);1H. The van der Waals surface area contributed by atoms with Gasteiger partial charge < -0.3 is 15.8 Å². The monoisotopic (exact) mass is 383 g/mol. The fourth-order valence-corrected chi connectivity index (χ4v) is 2.55. The number of guanidine groups is 1. The molecule has 114 valence electrons. The second-order valence-corrected chi connectivity index (χ2v) is 5.93. The van der Waals surface area contributed by atoms with Crippen molar-refractivity contribution in [1.29, 1.82) is 0 Å². The summed E-state index contributed by atoms with van der Waals surface area (Å²) in [5, 5.41) is 3.18. The van der Waals surface area contributed by atoms with Crippen LogP contribution in [-0.4, -0.2) is 32.8 Å². The normalized spacial score (nSPS) is 18.4. The van der Waals surface area contributed by atoms with Crippen LogP contribution < -0.4 is 11.1 Å². The zero-order valence-corrected chi connectivity index (χ0v) is 14.9. The predicted molar refractivity (Wildman–Crippen MR) is 92.1 cm³/mol. The molecule has 5 heteroatoms. The molecule has 1 rings (SSSR count). The molecule has 1 fully saturated rings. The van der Waals surface area contributed by atoms with Crippen LogP contribution in [0.1, 0.15) is 46.0 Å². The van der Waals surface area contributed by atoms with Gasteiger partial charge in [0.2, 0.25) is 0 Å². The van der Waals surface area contributed by atoms with E-state index in [2.05, 4.69) is 24.2 Å². The average Bonchev–Trinajstić information content (AvgIpc) is 2.81. The highest BCUT2D eigenvalue weighted by atomic mass is 127. The van der Waals surface area contributed by atoms with Crippen molar-refractivity contribution in [1.82, 2.24) is 5.32 Å². The molecule has 0 heterocycles. The molecule has 0 radical (unpaired) electrons. The van der Waals surface area contributed by atoms with Crippen molar-refractivity contribution in [3.63, 3.8) is 0 Å². The van der Waals surface area contributed by atoms with E-state index in [4.69, 9.17) is 10.5 Å². The number of ether oxygens (including phenoxy) is 1.